The van der Waals surface area contributed by atoms with Crippen molar-refractivity contribution < 1.29 is 19.7 Å². The van der Waals surface area contributed by atoms with Gasteiger partial charge >= 0.3 is 6.09 Å². The summed E-state index contributed by atoms with van der Waals surface area (Å²) in [6, 6.07) is 0. The van der Waals surface area contributed by atoms with Gasteiger partial charge in [0.15, 0.2) is 0 Å². The second-order valence-corrected chi connectivity index (χ2v) is 3.57. The highest BCUT2D eigenvalue weighted by molar-refractivity contribution is 5.65. The smallest absolute Gasteiger partial charge is 0.407 e. The second kappa shape index (κ2) is 3.51. The molecular formula is C8H15NO4. The lowest BCUT2D eigenvalue weighted by atomic mass is 9.92. The van der Waals surface area contributed by atoms with E-state index in [0.29, 0.717) is 13.0 Å². The number of methoxy groups -OCH3 is 1. The third-order valence-corrected chi connectivity index (χ3v) is 2.42. The normalized spacial score (nSPS) is 34.7. The van der Waals surface area contributed by atoms with E-state index in [0.717, 1.165) is 0 Å². The summed E-state index contributed by atoms with van der Waals surface area (Å²) >= 11 is 0. The summed E-state index contributed by atoms with van der Waals surface area (Å²) in [5, 5.41) is 18.5. The summed E-state index contributed by atoms with van der Waals surface area (Å²) in [7, 11) is 1.52. The SMILES string of the molecule is COC1CCN(C(=O)O)CC1(C)O. The largest absolute Gasteiger partial charge is 0.465 e. The first-order valence-corrected chi connectivity index (χ1v) is 4.20. The molecule has 1 aliphatic heterocycles. The molecule has 1 aliphatic rings. The highest BCUT2D eigenvalue weighted by Crippen LogP contribution is 2.23. The van der Waals surface area contributed by atoms with Gasteiger partial charge < -0.3 is 19.8 Å². The van der Waals surface area contributed by atoms with Crippen LogP contribution in [0.3, 0.4) is 0 Å². The van der Waals surface area contributed by atoms with Crippen LogP contribution >= 0.6 is 0 Å². The van der Waals surface area contributed by atoms with Crippen molar-refractivity contribution in [1.29, 1.82) is 0 Å². The van der Waals surface area contributed by atoms with Crippen molar-refractivity contribution >= 4 is 6.09 Å². The lowest BCUT2D eigenvalue weighted by molar-refractivity contribution is -0.118. The van der Waals surface area contributed by atoms with E-state index in [-0.39, 0.29) is 12.6 Å². The first-order chi connectivity index (χ1) is 5.97. The molecule has 2 N–H and O–H groups in total. The van der Waals surface area contributed by atoms with Crippen molar-refractivity contribution in [2.75, 3.05) is 20.2 Å². The molecule has 5 heteroatoms. The Morgan fingerprint density at radius 1 is 1.69 bits per heavy atom. The Labute approximate surface area is 76.9 Å². The monoisotopic (exact) mass is 189 g/mol. The summed E-state index contributed by atoms with van der Waals surface area (Å²) in [6.45, 7) is 2.13. The molecule has 1 heterocycles. The number of amides is 1. The van der Waals surface area contributed by atoms with Gasteiger partial charge in [0, 0.05) is 13.7 Å². The topological polar surface area (TPSA) is 70.0 Å². The molecule has 0 aliphatic carbocycles. The highest BCUT2D eigenvalue weighted by Gasteiger charge is 2.39. The Bertz CT molecular complexity index is 204. The lowest BCUT2D eigenvalue weighted by Gasteiger charge is -2.40. The lowest BCUT2D eigenvalue weighted by Crippen LogP contribution is -2.56. The van der Waals surface area contributed by atoms with E-state index in [1.54, 1.807) is 6.92 Å². The maximum Gasteiger partial charge on any atom is 0.407 e. The zero-order valence-electron chi connectivity index (χ0n) is 7.86. The quantitative estimate of drug-likeness (QED) is 0.615. The number of rotatable bonds is 1. The first-order valence-electron chi connectivity index (χ1n) is 4.20. The van der Waals surface area contributed by atoms with E-state index in [2.05, 4.69) is 0 Å². The zero-order chi connectivity index (χ0) is 10.1. The van der Waals surface area contributed by atoms with Gasteiger partial charge in [-0.3, -0.25) is 0 Å². The van der Waals surface area contributed by atoms with Gasteiger partial charge in [-0.05, 0) is 13.3 Å². The molecule has 1 amide bonds. The van der Waals surface area contributed by atoms with Crippen molar-refractivity contribution in [2.45, 2.75) is 25.0 Å². The van der Waals surface area contributed by atoms with Crippen LogP contribution in [-0.4, -0.2) is 53.1 Å². The number of carboxylic acid groups (broad SMARTS) is 1. The molecule has 0 radical (unpaired) electrons. The van der Waals surface area contributed by atoms with Gasteiger partial charge in [-0.1, -0.05) is 0 Å². The fourth-order valence-corrected chi connectivity index (χ4v) is 1.69. The van der Waals surface area contributed by atoms with E-state index in [1.165, 1.54) is 12.0 Å². The molecule has 0 saturated carbocycles. The molecule has 0 aromatic rings. The van der Waals surface area contributed by atoms with Gasteiger partial charge in [0.25, 0.3) is 0 Å². The second-order valence-electron chi connectivity index (χ2n) is 3.57. The molecule has 0 aromatic heterocycles. The number of nitrogens with zero attached hydrogens (tertiary/aromatic N) is 1. The zero-order valence-corrected chi connectivity index (χ0v) is 7.86. The van der Waals surface area contributed by atoms with Gasteiger partial charge in [0.1, 0.15) is 5.60 Å². The van der Waals surface area contributed by atoms with Crippen molar-refractivity contribution in [1.82, 2.24) is 4.90 Å². The van der Waals surface area contributed by atoms with Gasteiger partial charge in [0.2, 0.25) is 0 Å². The Kier molecular flexibility index (Phi) is 2.77. The molecule has 2 unspecified atom stereocenters. The van der Waals surface area contributed by atoms with Crippen molar-refractivity contribution in [3.8, 4) is 0 Å². The molecule has 1 fully saturated rings. The van der Waals surface area contributed by atoms with Crippen molar-refractivity contribution in [2.24, 2.45) is 0 Å². The molecule has 1 saturated heterocycles. The molecule has 1 rings (SSSR count). The average Bonchev–Trinajstić information content (AvgIpc) is 2.02. The van der Waals surface area contributed by atoms with Crippen LogP contribution in [0.4, 0.5) is 4.79 Å². The molecule has 13 heavy (non-hydrogen) atoms. The van der Waals surface area contributed by atoms with Crippen LogP contribution in [-0.2, 0) is 4.74 Å². The Morgan fingerprint density at radius 3 is 2.69 bits per heavy atom. The molecule has 0 aromatic carbocycles. The summed E-state index contributed by atoms with van der Waals surface area (Å²) in [5.41, 5.74) is -1.08. The third kappa shape index (κ3) is 2.10. The minimum Gasteiger partial charge on any atom is -0.465 e. The molecule has 0 bridgehead atoms. The van der Waals surface area contributed by atoms with Crippen LogP contribution in [0.2, 0.25) is 0 Å². The predicted octanol–water partition coefficient (Wildman–Crippen LogP) is 0.136. The van der Waals surface area contributed by atoms with E-state index in [9.17, 15) is 9.90 Å². The Balaban J connectivity index is 2.64. The Morgan fingerprint density at radius 2 is 2.31 bits per heavy atom. The summed E-state index contributed by atoms with van der Waals surface area (Å²) in [5.74, 6) is 0. The van der Waals surface area contributed by atoms with Gasteiger partial charge in [-0.15, -0.1) is 0 Å². The van der Waals surface area contributed by atoms with Crippen LogP contribution in [0.1, 0.15) is 13.3 Å². The molecular weight excluding hydrogens is 174 g/mol. The minimum absolute atomic E-state index is 0.112. The molecule has 5 nitrogen and oxygen atoms in total. The van der Waals surface area contributed by atoms with E-state index in [4.69, 9.17) is 9.84 Å². The maximum absolute atomic E-state index is 10.6. The first kappa shape index (κ1) is 10.3. The number of β-amino-alcohol motifs (C(OH)–C–C–N with tert-alkyl or cyclic N) is 1. The minimum atomic E-state index is -1.08. The number of ether oxygens (including phenoxy) is 1. The van der Waals surface area contributed by atoms with Crippen LogP contribution in [0, 0.1) is 0 Å². The standard InChI is InChI=1S/C8H15NO4/c1-8(12)5-9(7(10)11)4-3-6(8)13-2/h6,12H,3-5H2,1-2H3,(H,10,11). The summed E-state index contributed by atoms with van der Waals surface area (Å²) < 4.78 is 5.06. The van der Waals surface area contributed by atoms with Crippen LogP contribution in [0.15, 0.2) is 0 Å². The van der Waals surface area contributed by atoms with Crippen LogP contribution in [0.5, 0.6) is 0 Å². The van der Waals surface area contributed by atoms with Crippen molar-refractivity contribution in [3.63, 3.8) is 0 Å². The fraction of sp³-hybridized carbons (Fsp3) is 0.875. The van der Waals surface area contributed by atoms with E-state index in [1.807, 2.05) is 0 Å². The van der Waals surface area contributed by atoms with E-state index < -0.39 is 11.7 Å². The van der Waals surface area contributed by atoms with Gasteiger partial charge in [-0.25, -0.2) is 4.79 Å². The van der Waals surface area contributed by atoms with E-state index >= 15 is 0 Å². The third-order valence-electron chi connectivity index (χ3n) is 2.42. The summed E-state index contributed by atoms with van der Waals surface area (Å²) in [4.78, 5) is 11.8. The number of piperidine rings is 1. The number of hydrogen-bond donors (Lipinski definition) is 2. The van der Waals surface area contributed by atoms with Crippen LogP contribution in [0.25, 0.3) is 0 Å². The van der Waals surface area contributed by atoms with Gasteiger partial charge in [0.05, 0.1) is 12.6 Å². The highest BCUT2D eigenvalue weighted by atomic mass is 16.5. The summed E-state index contributed by atoms with van der Waals surface area (Å²) in [6.07, 6.45) is -0.728. The van der Waals surface area contributed by atoms with Gasteiger partial charge in [-0.2, -0.15) is 0 Å². The number of hydrogen-bond acceptors (Lipinski definition) is 3. The predicted molar refractivity (Wildman–Crippen MR) is 45.6 cm³/mol. The maximum atomic E-state index is 10.6. The molecule has 76 valence electrons. The number of carbonyl (C=O) groups is 1. The van der Waals surface area contributed by atoms with Crippen LogP contribution < -0.4 is 0 Å². The molecule has 2 atom stereocenters. The fourth-order valence-electron chi connectivity index (χ4n) is 1.69. The number of aliphatic hydroxyl groups is 1. The average molecular weight is 189 g/mol. The molecule has 0 spiro atoms. The Hall–Kier alpha value is -0.810. The van der Waals surface area contributed by atoms with Crippen molar-refractivity contribution in [3.05, 3.63) is 0 Å². The number of likely N-dealkylation sites (tertiary alicyclic amines) is 1.